The number of likely N-dealkylation sites (N-methyl/N-ethyl adjacent to an activating group) is 2. The lowest BCUT2D eigenvalue weighted by molar-refractivity contribution is -0.870. The van der Waals surface area contributed by atoms with Gasteiger partial charge in [0.2, 0.25) is 0 Å². The highest BCUT2D eigenvalue weighted by atomic mass is 31.2. The molecule has 0 radical (unpaired) electrons. The molecule has 2 N–H and O–H groups in total. The van der Waals surface area contributed by atoms with Gasteiger partial charge in [-0.1, -0.05) is 142 Å². The van der Waals surface area contributed by atoms with E-state index in [2.05, 4.69) is 60.7 Å². The van der Waals surface area contributed by atoms with Gasteiger partial charge in [0, 0.05) is 12.8 Å². The van der Waals surface area contributed by atoms with E-state index in [1.165, 1.54) is 96.3 Å². The number of nitrogens with zero attached hydrogens (tertiary/aromatic N) is 2. The number of aliphatic hydroxyl groups excluding tert-OH is 2. The Morgan fingerprint density at radius 2 is 0.852 bits per heavy atom. The fourth-order valence-electron chi connectivity index (χ4n) is 5.26. The van der Waals surface area contributed by atoms with Crippen molar-refractivity contribution in [1.82, 2.24) is 0 Å². The first-order chi connectivity index (χ1) is 25.4. The lowest BCUT2D eigenvalue weighted by Gasteiger charge is -2.30. The standard InChI is InChI=1S/C31H61O8P.2C5H14NO/c1-3-5-7-9-11-13-15-17-19-21-23-25-30(32)37-27-29(28-38-40(34,35)36)39-31(33)26-24-22-20-18-16-14-12-10-8-6-4-2;2*1-6(2,3)4-5-7/h29H,3-28H2,1-2H3,(H2,34,35,36);2*7H,4-5H2,1-3H3/q;2*+1/p-2. The van der Waals surface area contributed by atoms with Crippen molar-refractivity contribution < 1.29 is 57.1 Å². The Bertz CT molecular complexity index is 859. The average molecular weight is 799 g/mol. The molecule has 12 nitrogen and oxygen atoms in total. The molecule has 1 unspecified atom stereocenters. The number of quaternary nitrogens is 2. The van der Waals surface area contributed by atoms with Crippen molar-refractivity contribution in [1.29, 1.82) is 0 Å². The maximum absolute atomic E-state index is 12.2. The highest BCUT2D eigenvalue weighted by Gasteiger charge is 2.18. The van der Waals surface area contributed by atoms with Gasteiger partial charge in [-0.2, -0.15) is 0 Å². The number of carbonyl (C=O) groups excluding carboxylic acids is 2. The number of hydrogen-bond acceptors (Lipinski definition) is 10. The number of unbranched alkanes of at least 4 members (excludes halogenated alkanes) is 20. The lowest BCUT2D eigenvalue weighted by Crippen LogP contribution is -2.36. The Morgan fingerprint density at radius 3 is 1.13 bits per heavy atom. The van der Waals surface area contributed by atoms with Crippen LogP contribution in [0.15, 0.2) is 0 Å². The Balaban J connectivity index is -0.00000155. The molecule has 0 amide bonds. The van der Waals surface area contributed by atoms with Gasteiger partial charge in [0.05, 0.1) is 69.9 Å². The van der Waals surface area contributed by atoms with Gasteiger partial charge in [-0.3, -0.25) is 9.59 Å². The molecule has 0 aromatic heterocycles. The van der Waals surface area contributed by atoms with E-state index in [9.17, 15) is 23.9 Å². The molecule has 0 aliphatic carbocycles. The molecule has 0 fully saturated rings. The number of hydrogen-bond donors (Lipinski definition) is 2. The molecule has 0 aromatic carbocycles. The second kappa shape index (κ2) is 38.7. The molecule has 0 spiro atoms. The molecule has 0 saturated heterocycles. The number of rotatable bonds is 34. The van der Waals surface area contributed by atoms with Crippen molar-refractivity contribution in [3.8, 4) is 0 Å². The molecule has 0 aromatic rings. The van der Waals surface area contributed by atoms with Crippen LogP contribution in [0.4, 0.5) is 0 Å². The van der Waals surface area contributed by atoms with Gasteiger partial charge in [-0.05, 0) is 12.8 Å². The smallest absolute Gasteiger partial charge is 0.306 e. The number of phosphoric acid groups is 1. The molecule has 326 valence electrons. The summed E-state index contributed by atoms with van der Waals surface area (Å²) in [7, 11) is 7.08. The molecule has 0 aliphatic heterocycles. The van der Waals surface area contributed by atoms with Crippen LogP contribution in [0.3, 0.4) is 0 Å². The zero-order chi connectivity index (χ0) is 41.6. The molecular formula is C41H87N2O10P. The number of carbonyl (C=O) groups is 2. The van der Waals surface area contributed by atoms with Gasteiger partial charge in [0.15, 0.2) is 6.10 Å². The van der Waals surface area contributed by atoms with Crippen molar-refractivity contribution in [2.45, 2.75) is 174 Å². The minimum Gasteiger partial charge on any atom is -0.790 e. The van der Waals surface area contributed by atoms with Crippen molar-refractivity contribution in [2.24, 2.45) is 0 Å². The quantitative estimate of drug-likeness (QED) is 0.0298. The average Bonchev–Trinajstić information content (AvgIpc) is 3.06. The minimum absolute atomic E-state index is 0.187. The molecule has 0 saturated carbocycles. The Kier molecular flexibility index (Phi) is 41.1. The predicted molar refractivity (Wildman–Crippen MR) is 217 cm³/mol. The van der Waals surface area contributed by atoms with Gasteiger partial charge in [0.1, 0.15) is 19.7 Å². The second-order valence-electron chi connectivity index (χ2n) is 16.6. The molecule has 54 heavy (non-hydrogen) atoms. The number of phosphoric ester groups is 1. The summed E-state index contributed by atoms with van der Waals surface area (Å²) < 4.78 is 27.3. The first kappa shape index (κ1) is 57.2. The lowest BCUT2D eigenvalue weighted by atomic mass is 10.1. The largest absolute Gasteiger partial charge is 0.790 e. The second-order valence-corrected chi connectivity index (χ2v) is 17.7. The summed E-state index contributed by atoms with van der Waals surface area (Å²) in [6.45, 7) is 5.69. The Hall–Kier alpha value is -1.11. The van der Waals surface area contributed by atoms with Crippen LogP contribution in [0, 0.1) is 0 Å². The summed E-state index contributed by atoms with van der Waals surface area (Å²) in [6, 6.07) is 0. The topological polar surface area (TPSA) is 165 Å². The zero-order valence-electron chi connectivity index (χ0n) is 36.3. The highest BCUT2D eigenvalue weighted by Crippen LogP contribution is 2.25. The van der Waals surface area contributed by atoms with Crippen LogP contribution in [-0.4, -0.2) is 119 Å². The van der Waals surface area contributed by atoms with Crippen molar-refractivity contribution in [3.63, 3.8) is 0 Å². The van der Waals surface area contributed by atoms with Crippen LogP contribution < -0.4 is 9.79 Å². The third-order valence-corrected chi connectivity index (χ3v) is 9.12. The summed E-state index contributed by atoms with van der Waals surface area (Å²) >= 11 is 0. The van der Waals surface area contributed by atoms with Crippen LogP contribution in [0.1, 0.15) is 168 Å². The normalized spacial score (nSPS) is 12.3. The monoisotopic (exact) mass is 799 g/mol. The van der Waals surface area contributed by atoms with Gasteiger partial charge < -0.3 is 47.5 Å². The summed E-state index contributed by atoms with van der Waals surface area (Å²) in [5, 5.41) is 16.8. The number of aliphatic hydroxyl groups is 2. The first-order valence-electron chi connectivity index (χ1n) is 21.2. The maximum atomic E-state index is 12.2. The van der Waals surface area contributed by atoms with Crippen LogP contribution >= 0.6 is 7.82 Å². The summed E-state index contributed by atoms with van der Waals surface area (Å²) in [6.07, 6.45) is 25.0. The zero-order valence-corrected chi connectivity index (χ0v) is 37.2. The van der Waals surface area contributed by atoms with Crippen molar-refractivity contribution in [2.75, 3.05) is 81.8 Å². The minimum atomic E-state index is -5.23. The van der Waals surface area contributed by atoms with Crippen molar-refractivity contribution >= 4 is 19.8 Å². The first-order valence-corrected chi connectivity index (χ1v) is 22.7. The van der Waals surface area contributed by atoms with E-state index in [0.29, 0.717) is 12.8 Å². The highest BCUT2D eigenvalue weighted by molar-refractivity contribution is 7.43. The molecular weight excluding hydrogens is 711 g/mol. The summed E-state index contributed by atoms with van der Waals surface area (Å²) in [5.74, 6) is -0.952. The van der Waals surface area contributed by atoms with E-state index in [0.717, 1.165) is 54.2 Å². The SMILES string of the molecule is CCCCCCCCCCCCCC(=O)OCC(COP(=O)([O-])[O-])OC(=O)CCCCCCCCCCCCC.C[N+](C)(C)CCO.C[N+](C)(C)CCO. The molecule has 0 heterocycles. The van der Waals surface area contributed by atoms with Crippen LogP contribution in [0.5, 0.6) is 0 Å². The van der Waals surface area contributed by atoms with E-state index in [4.69, 9.17) is 19.7 Å². The fraction of sp³-hybridized carbons (Fsp3) is 0.951. The van der Waals surface area contributed by atoms with Crippen LogP contribution in [0.2, 0.25) is 0 Å². The number of ether oxygens (including phenoxy) is 2. The third kappa shape index (κ3) is 55.2. The number of esters is 2. The van der Waals surface area contributed by atoms with E-state index in [-0.39, 0.29) is 32.7 Å². The van der Waals surface area contributed by atoms with Gasteiger partial charge in [-0.15, -0.1) is 0 Å². The van der Waals surface area contributed by atoms with E-state index in [1.54, 1.807) is 0 Å². The Morgan fingerprint density at radius 1 is 0.537 bits per heavy atom. The summed E-state index contributed by atoms with van der Waals surface area (Å²) in [5.41, 5.74) is 0. The van der Waals surface area contributed by atoms with Crippen molar-refractivity contribution in [3.05, 3.63) is 0 Å². The van der Waals surface area contributed by atoms with Crippen LogP contribution in [0.25, 0.3) is 0 Å². The van der Waals surface area contributed by atoms with E-state index < -0.39 is 32.5 Å². The molecule has 1 atom stereocenters. The van der Waals surface area contributed by atoms with Gasteiger partial charge in [0.25, 0.3) is 0 Å². The molecule has 0 rings (SSSR count). The summed E-state index contributed by atoms with van der Waals surface area (Å²) in [4.78, 5) is 46.1. The van der Waals surface area contributed by atoms with Crippen LogP contribution in [-0.2, 0) is 28.2 Å². The van der Waals surface area contributed by atoms with E-state index in [1.807, 2.05) is 0 Å². The maximum Gasteiger partial charge on any atom is 0.306 e. The molecule has 0 bridgehead atoms. The molecule has 0 aliphatic rings. The predicted octanol–water partition coefficient (Wildman–Crippen LogP) is 7.06. The van der Waals surface area contributed by atoms with Gasteiger partial charge >= 0.3 is 11.9 Å². The van der Waals surface area contributed by atoms with Gasteiger partial charge in [-0.25, -0.2) is 0 Å². The Labute approximate surface area is 332 Å². The molecule has 13 heteroatoms. The fourth-order valence-corrected chi connectivity index (χ4v) is 5.61. The van der Waals surface area contributed by atoms with E-state index >= 15 is 0 Å². The third-order valence-electron chi connectivity index (χ3n) is 8.66.